The van der Waals surface area contributed by atoms with Crippen LogP contribution in [0.5, 0.6) is 0 Å². The number of carbonyl (C=O) groups excluding carboxylic acids is 3. The third-order valence-corrected chi connectivity index (χ3v) is 4.08. The van der Waals surface area contributed by atoms with Crippen LogP contribution in [0.4, 0.5) is 4.79 Å². The number of aromatic nitrogens is 1. The van der Waals surface area contributed by atoms with E-state index in [2.05, 4.69) is 5.32 Å². The summed E-state index contributed by atoms with van der Waals surface area (Å²) < 4.78 is 6.83. The molecule has 22 heavy (non-hydrogen) atoms. The second-order valence-electron chi connectivity index (χ2n) is 4.58. The average molecular weight is 319 g/mol. The molecule has 1 saturated heterocycles. The van der Waals surface area contributed by atoms with Crippen molar-refractivity contribution in [3.63, 3.8) is 0 Å². The minimum absolute atomic E-state index is 0.294. The minimum Gasteiger partial charge on any atom is -0.451 e. The van der Waals surface area contributed by atoms with Crippen molar-refractivity contribution in [1.29, 1.82) is 0 Å². The van der Waals surface area contributed by atoms with Gasteiger partial charge in [-0.25, -0.2) is 9.59 Å². The van der Waals surface area contributed by atoms with Crippen LogP contribution in [0.3, 0.4) is 0 Å². The number of ether oxygens (including phenoxy) is 1. The summed E-state index contributed by atoms with van der Waals surface area (Å²) in [7, 11) is 0. The summed E-state index contributed by atoms with van der Waals surface area (Å²) in [5.41, 5.74) is 0.700. The molecule has 0 bridgehead atoms. The molecule has 1 N–H and O–H groups in total. The molecule has 0 aromatic carbocycles. The van der Waals surface area contributed by atoms with Gasteiger partial charge in [-0.1, -0.05) is 0 Å². The molecule has 3 amide bonds. The molecule has 0 radical (unpaired) electrons. The molecule has 3 rings (SSSR count). The molecule has 2 aromatic rings. The van der Waals surface area contributed by atoms with E-state index in [9.17, 15) is 14.4 Å². The number of thiophene rings is 1. The number of nitrogens with zero attached hydrogens (tertiary/aromatic N) is 2. The molecule has 0 saturated carbocycles. The lowest BCUT2D eigenvalue weighted by atomic mass is 10.4. The zero-order valence-corrected chi connectivity index (χ0v) is 12.3. The van der Waals surface area contributed by atoms with Crippen LogP contribution in [-0.4, -0.2) is 47.1 Å². The fraction of sp³-hybridized carbons (Fsp3) is 0.214. The van der Waals surface area contributed by atoms with Crippen LogP contribution in [0.2, 0.25) is 0 Å². The standard InChI is InChI=1S/C14H13N3O4S/c18-11(17-7-4-15-14(17)20)9-21-13(19)12-10(3-8-22-12)16-5-1-2-6-16/h1-3,5-6,8H,4,7,9H2,(H,15,20). The first-order valence-electron chi connectivity index (χ1n) is 6.63. The van der Waals surface area contributed by atoms with Crippen molar-refractivity contribution in [2.45, 2.75) is 0 Å². The molecule has 1 aliphatic heterocycles. The largest absolute Gasteiger partial charge is 0.451 e. The van der Waals surface area contributed by atoms with Gasteiger partial charge in [0, 0.05) is 25.5 Å². The van der Waals surface area contributed by atoms with Crippen LogP contribution in [0.15, 0.2) is 36.0 Å². The van der Waals surface area contributed by atoms with Gasteiger partial charge in [0.1, 0.15) is 4.88 Å². The van der Waals surface area contributed by atoms with Crippen LogP contribution in [0, 0.1) is 0 Å². The molecule has 3 heterocycles. The second-order valence-corrected chi connectivity index (χ2v) is 5.49. The van der Waals surface area contributed by atoms with E-state index < -0.39 is 24.5 Å². The van der Waals surface area contributed by atoms with Gasteiger partial charge in [0.25, 0.3) is 5.91 Å². The van der Waals surface area contributed by atoms with Gasteiger partial charge in [0.2, 0.25) is 0 Å². The van der Waals surface area contributed by atoms with Gasteiger partial charge < -0.3 is 14.6 Å². The maximum Gasteiger partial charge on any atom is 0.350 e. The molecule has 8 heteroatoms. The highest BCUT2D eigenvalue weighted by Crippen LogP contribution is 2.22. The second kappa shape index (κ2) is 6.02. The molecule has 0 unspecified atom stereocenters. The van der Waals surface area contributed by atoms with E-state index >= 15 is 0 Å². The van der Waals surface area contributed by atoms with Crippen molar-refractivity contribution in [2.24, 2.45) is 0 Å². The monoisotopic (exact) mass is 319 g/mol. The Bertz CT molecular complexity index is 708. The molecule has 1 aliphatic rings. The van der Waals surface area contributed by atoms with Gasteiger partial charge >= 0.3 is 12.0 Å². The van der Waals surface area contributed by atoms with E-state index in [0.29, 0.717) is 23.7 Å². The van der Waals surface area contributed by atoms with E-state index in [1.165, 1.54) is 11.3 Å². The van der Waals surface area contributed by atoms with Crippen molar-refractivity contribution in [3.8, 4) is 5.69 Å². The zero-order chi connectivity index (χ0) is 15.5. The van der Waals surface area contributed by atoms with Crippen LogP contribution in [0.25, 0.3) is 5.69 Å². The number of urea groups is 1. The van der Waals surface area contributed by atoms with Gasteiger partial charge in [0.15, 0.2) is 6.61 Å². The first-order chi connectivity index (χ1) is 10.7. The van der Waals surface area contributed by atoms with Crippen LogP contribution in [-0.2, 0) is 9.53 Å². The fourth-order valence-corrected chi connectivity index (χ4v) is 2.92. The Balaban J connectivity index is 1.65. The fourth-order valence-electron chi connectivity index (χ4n) is 2.13. The molecule has 0 atom stereocenters. The highest BCUT2D eigenvalue weighted by molar-refractivity contribution is 7.12. The number of nitrogens with one attached hydrogen (secondary N) is 1. The smallest absolute Gasteiger partial charge is 0.350 e. The Morgan fingerprint density at radius 2 is 2.09 bits per heavy atom. The van der Waals surface area contributed by atoms with Crippen LogP contribution >= 0.6 is 11.3 Å². The molecule has 0 aliphatic carbocycles. The summed E-state index contributed by atoms with van der Waals surface area (Å²) in [4.78, 5) is 36.8. The quantitative estimate of drug-likeness (QED) is 0.860. The highest BCUT2D eigenvalue weighted by atomic mass is 32.1. The molecule has 2 aromatic heterocycles. The van der Waals surface area contributed by atoms with Crippen molar-refractivity contribution in [2.75, 3.05) is 19.7 Å². The first-order valence-corrected chi connectivity index (χ1v) is 7.51. The predicted molar refractivity (Wildman–Crippen MR) is 79.0 cm³/mol. The molecule has 0 spiro atoms. The summed E-state index contributed by atoms with van der Waals surface area (Å²) >= 11 is 1.24. The van der Waals surface area contributed by atoms with Crippen LogP contribution < -0.4 is 5.32 Å². The molecular formula is C14H13N3O4S. The SMILES string of the molecule is O=C(OCC(=O)N1CCNC1=O)c1sccc1-n1cccc1. The van der Waals surface area contributed by atoms with Crippen molar-refractivity contribution < 1.29 is 19.1 Å². The van der Waals surface area contributed by atoms with E-state index in [1.807, 2.05) is 24.5 Å². The van der Waals surface area contributed by atoms with Crippen LogP contribution in [0.1, 0.15) is 9.67 Å². The Kier molecular flexibility index (Phi) is 3.92. The lowest BCUT2D eigenvalue weighted by Crippen LogP contribution is -2.37. The van der Waals surface area contributed by atoms with Gasteiger partial charge in [-0.3, -0.25) is 9.69 Å². The average Bonchev–Trinajstić information content (AvgIpc) is 3.23. The summed E-state index contributed by atoms with van der Waals surface area (Å²) in [5.74, 6) is -1.10. The lowest BCUT2D eigenvalue weighted by Gasteiger charge is -2.12. The molecule has 1 fully saturated rings. The third-order valence-electron chi connectivity index (χ3n) is 3.20. The third kappa shape index (κ3) is 2.73. The topological polar surface area (TPSA) is 80.6 Å². The van der Waals surface area contributed by atoms with Crippen molar-refractivity contribution >= 4 is 29.2 Å². The van der Waals surface area contributed by atoms with E-state index in [0.717, 1.165) is 4.90 Å². The summed E-state index contributed by atoms with van der Waals surface area (Å²) in [6.45, 7) is 0.263. The normalized spacial score (nSPS) is 14.0. The van der Waals surface area contributed by atoms with E-state index in [4.69, 9.17) is 4.74 Å². The maximum absolute atomic E-state index is 12.1. The summed E-state index contributed by atoms with van der Waals surface area (Å²) in [6, 6.07) is 5.05. The Hall–Kier alpha value is -2.61. The number of rotatable bonds is 4. The van der Waals surface area contributed by atoms with E-state index in [1.54, 1.807) is 16.0 Å². The summed E-state index contributed by atoms with van der Waals surface area (Å²) in [6.07, 6.45) is 3.64. The molecule has 114 valence electrons. The Morgan fingerprint density at radius 3 is 2.77 bits per heavy atom. The molecular weight excluding hydrogens is 306 g/mol. The highest BCUT2D eigenvalue weighted by Gasteiger charge is 2.27. The number of imide groups is 1. The van der Waals surface area contributed by atoms with Gasteiger partial charge in [-0.2, -0.15) is 0 Å². The lowest BCUT2D eigenvalue weighted by molar-refractivity contribution is -0.130. The van der Waals surface area contributed by atoms with Crippen molar-refractivity contribution in [3.05, 3.63) is 40.8 Å². The first kappa shape index (κ1) is 14.3. The number of amides is 3. The number of carbonyl (C=O) groups is 3. The molecule has 7 nitrogen and oxygen atoms in total. The van der Waals surface area contributed by atoms with Gasteiger partial charge in [-0.05, 0) is 23.6 Å². The maximum atomic E-state index is 12.1. The predicted octanol–water partition coefficient (Wildman–Crippen LogP) is 1.25. The summed E-state index contributed by atoms with van der Waals surface area (Å²) in [5, 5.41) is 4.30. The van der Waals surface area contributed by atoms with Gasteiger partial charge in [0.05, 0.1) is 5.69 Å². The Morgan fingerprint density at radius 1 is 1.32 bits per heavy atom. The minimum atomic E-state index is -0.577. The van der Waals surface area contributed by atoms with E-state index in [-0.39, 0.29) is 0 Å². The van der Waals surface area contributed by atoms with Crippen molar-refractivity contribution in [1.82, 2.24) is 14.8 Å². The zero-order valence-electron chi connectivity index (χ0n) is 11.5. The number of hydrogen-bond donors (Lipinski definition) is 1. The van der Waals surface area contributed by atoms with Gasteiger partial charge in [-0.15, -0.1) is 11.3 Å². The number of esters is 1. The number of hydrogen-bond acceptors (Lipinski definition) is 5. The Labute approximate surface area is 130 Å².